The highest BCUT2D eigenvalue weighted by atomic mass is 35.5. The molecule has 0 saturated carbocycles. The molecule has 1 rings (SSSR count). The first-order valence-corrected chi connectivity index (χ1v) is 5.14. The Morgan fingerprint density at radius 1 is 1.27 bits per heavy atom. The quantitative estimate of drug-likeness (QED) is 0.830. The monoisotopic (exact) mass is 269 g/mol. The number of ether oxygens (including phenoxy) is 1. The van der Waals surface area contributed by atoms with E-state index in [1.807, 2.05) is 18.2 Å². The van der Waals surface area contributed by atoms with Crippen LogP contribution in [0.5, 0.6) is 0 Å². The third kappa shape index (κ3) is 5.05. The Kier molecular flexibility index (Phi) is 8.20. The maximum absolute atomic E-state index is 5.99. The number of methoxy groups -OCH3 is 1. The van der Waals surface area contributed by atoms with Gasteiger partial charge in [0.2, 0.25) is 0 Å². The molecule has 0 aliphatic heterocycles. The molecule has 0 aliphatic carbocycles. The normalized spacial score (nSPS) is 9.80. The van der Waals surface area contributed by atoms with Gasteiger partial charge in [-0.15, -0.1) is 12.4 Å². The Morgan fingerprint density at radius 2 is 1.87 bits per heavy atom. The number of halogens is 3. The molecule has 1 aromatic rings. The van der Waals surface area contributed by atoms with E-state index in [-0.39, 0.29) is 12.4 Å². The topological polar surface area (TPSA) is 21.3 Å². The summed E-state index contributed by atoms with van der Waals surface area (Å²) in [5.74, 6) is 0. The summed E-state index contributed by atoms with van der Waals surface area (Å²) in [6.07, 6.45) is 0. The van der Waals surface area contributed by atoms with Crippen LogP contribution in [0.1, 0.15) is 5.56 Å². The first-order chi connectivity index (χ1) is 6.75. The number of nitrogens with one attached hydrogen (secondary N) is 1. The summed E-state index contributed by atoms with van der Waals surface area (Å²) < 4.78 is 4.91. The smallest absolute Gasteiger partial charge is 0.0587 e. The largest absolute Gasteiger partial charge is 0.383 e. The molecule has 0 bridgehead atoms. The van der Waals surface area contributed by atoms with E-state index in [1.54, 1.807) is 7.11 Å². The average molecular weight is 271 g/mol. The van der Waals surface area contributed by atoms with Crippen LogP contribution >= 0.6 is 35.6 Å². The lowest BCUT2D eigenvalue weighted by molar-refractivity contribution is 0.199. The number of hydrogen-bond donors (Lipinski definition) is 1. The summed E-state index contributed by atoms with van der Waals surface area (Å²) in [5, 5.41) is 4.58. The van der Waals surface area contributed by atoms with E-state index in [1.165, 1.54) is 0 Å². The Hall–Kier alpha value is 0.01000. The first-order valence-electron chi connectivity index (χ1n) is 4.38. The van der Waals surface area contributed by atoms with E-state index in [4.69, 9.17) is 27.9 Å². The van der Waals surface area contributed by atoms with Gasteiger partial charge in [0, 0.05) is 35.8 Å². The van der Waals surface area contributed by atoms with Crippen LogP contribution in [0.25, 0.3) is 0 Å². The van der Waals surface area contributed by atoms with Crippen LogP contribution in [0, 0.1) is 0 Å². The average Bonchev–Trinajstić information content (AvgIpc) is 2.16. The predicted molar refractivity (Wildman–Crippen MR) is 67.3 cm³/mol. The maximum atomic E-state index is 5.99. The number of hydrogen-bond acceptors (Lipinski definition) is 2. The fourth-order valence-electron chi connectivity index (χ4n) is 1.09. The molecule has 0 aliphatic rings. The Balaban J connectivity index is 0.00000196. The van der Waals surface area contributed by atoms with Crippen molar-refractivity contribution in [2.45, 2.75) is 6.54 Å². The summed E-state index contributed by atoms with van der Waals surface area (Å²) in [4.78, 5) is 0. The van der Waals surface area contributed by atoms with Crippen molar-refractivity contribution in [1.82, 2.24) is 5.32 Å². The van der Waals surface area contributed by atoms with Gasteiger partial charge in [-0.05, 0) is 12.1 Å². The zero-order valence-corrected chi connectivity index (χ0v) is 10.8. The predicted octanol–water partition coefficient (Wildman–Crippen LogP) is 3.15. The molecule has 0 aromatic heterocycles. The molecule has 0 fully saturated rings. The van der Waals surface area contributed by atoms with Gasteiger partial charge in [-0.25, -0.2) is 0 Å². The minimum atomic E-state index is 0. The molecule has 1 N–H and O–H groups in total. The van der Waals surface area contributed by atoms with Gasteiger partial charge in [0.15, 0.2) is 0 Å². The molecule has 0 amide bonds. The second-order valence-electron chi connectivity index (χ2n) is 2.87. The van der Waals surface area contributed by atoms with Crippen LogP contribution in [0.2, 0.25) is 10.0 Å². The third-order valence-corrected chi connectivity index (χ3v) is 2.55. The van der Waals surface area contributed by atoms with Crippen molar-refractivity contribution in [3.63, 3.8) is 0 Å². The zero-order chi connectivity index (χ0) is 10.4. The van der Waals surface area contributed by atoms with Crippen molar-refractivity contribution in [3.8, 4) is 0 Å². The molecule has 0 heterocycles. The summed E-state index contributed by atoms with van der Waals surface area (Å²) >= 11 is 12.0. The van der Waals surface area contributed by atoms with Crippen molar-refractivity contribution in [2.75, 3.05) is 20.3 Å². The van der Waals surface area contributed by atoms with Gasteiger partial charge in [0.1, 0.15) is 0 Å². The SMILES string of the molecule is COCCNCc1c(Cl)cccc1Cl.Cl. The van der Waals surface area contributed by atoms with Crippen molar-refractivity contribution in [1.29, 1.82) is 0 Å². The highest BCUT2D eigenvalue weighted by molar-refractivity contribution is 6.35. The molecule has 15 heavy (non-hydrogen) atoms. The zero-order valence-electron chi connectivity index (χ0n) is 8.43. The molecule has 0 atom stereocenters. The number of benzene rings is 1. The molecule has 86 valence electrons. The molecule has 5 heteroatoms. The second-order valence-corrected chi connectivity index (χ2v) is 3.68. The van der Waals surface area contributed by atoms with Crippen molar-refractivity contribution in [3.05, 3.63) is 33.8 Å². The molecular weight excluding hydrogens is 256 g/mol. The van der Waals surface area contributed by atoms with E-state index < -0.39 is 0 Å². The standard InChI is InChI=1S/C10H13Cl2NO.ClH/c1-14-6-5-13-7-8-9(11)3-2-4-10(8)12;/h2-4,13H,5-7H2,1H3;1H. The molecule has 0 radical (unpaired) electrons. The van der Waals surface area contributed by atoms with E-state index in [0.29, 0.717) is 23.2 Å². The van der Waals surface area contributed by atoms with Crippen LogP contribution in [0.3, 0.4) is 0 Å². The lowest BCUT2D eigenvalue weighted by Gasteiger charge is -2.07. The van der Waals surface area contributed by atoms with Gasteiger partial charge in [0.05, 0.1) is 6.61 Å². The van der Waals surface area contributed by atoms with Crippen LogP contribution in [0.4, 0.5) is 0 Å². The fraction of sp³-hybridized carbons (Fsp3) is 0.400. The maximum Gasteiger partial charge on any atom is 0.0587 e. The van der Waals surface area contributed by atoms with Crippen molar-refractivity contribution >= 4 is 35.6 Å². The van der Waals surface area contributed by atoms with Gasteiger partial charge in [0.25, 0.3) is 0 Å². The van der Waals surface area contributed by atoms with Crippen LogP contribution in [-0.2, 0) is 11.3 Å². The Morgan fingerprint density at radius 3 is 2.40 bits per heavy atom. The fourth-order valence-corrected chi connectivity index (χ4v) is 1.62. The van der Waals surface area contributed by atoms with E-state index >= 15 is 0 Å². The third-order valence-electron chi connectivity index (χ3n) is 1.85. The Bertz CT molecular complexity index is 274. The van der Waals surface area contributed by atoms with E-state index in [0.717, 1.165) is 12.1 Å². The lowest BCUT2D eigenvalue weighted by atomic mass is 10.2. The van der Waals surface area contributed by atoms with Gasteiger partial charge in [-0.2, -0.15) is 0 Å². The molecule has 0 saturated heterocycles. The molecular formula is C10H14Cl3NO. The van der Waals surface area contributed by atoms with Crippen LogP contribution in [-0.4, -0.2) is 20.3 Å². The van der Waals surface area contributed by atoms with Crippen LogP contribution in [0.15, 0.2) is 18.2 Å². The minimum absolute atomic E-state index is 0. The minimum Gasteiger partial charge on any atom is -0.383 e. The molecule has 0 unspecified atom stereocenters. The first kappa shape index (κ1) is 15.0. The van der Waals surface area contributed by atoms with E-state index in [2.05, 4.69) is 5.32 Å². The van der Waals surface area contributed by atoms with Gasteiger partial charge >= 0.3 is 0 Å². The summed E-state index contributed by atoms with van der Waals surface area (Å²) in [6, 6.07) is 5.50. The van der Waals surface area contributed by atoms with Gasteiger partial charge in [-0.3, -0.25) is 0 Å². The second kappa shape index (κ2) is 8.20. The van der Waals surface area contributed by atoms with E-state index in [9.17, 15) is 0 Å². The highest BCUT2D eigenvalue weighted by Gasteiger charge is 2.03. The van der Waals surface area contributed by atoms with Crippen LogP contribution < -0.4 is 5.32 Å². The lowest BCUT2D eigenvalue weighted by Crippen LogP contribution is -2.18. The Labute approximate surface area is 106 Å². The summed E-state index contributed by atoms with van der Waals surface area (Å²) in [5.41, 5.74) is 0.937. The molecule has 0 spiro atoms. The number of rotatable bonds is 5. The summed E-state index contributed by atoms with van der Waals surface area (Å²) in [7, 11) is 1.67. The van der Waals surface area contributed by atoms with Crippen molar-refractivity contribution < 1.29 is 4.74 Å². The summed E-state index contributed by atoms with van der Waals surface area (Å²) in [6.45, 7) is 2.14. The van der Waals surface area contributed by atoms with Crippen molar-refractivity contribution in [2.24, 2.45) is 0 Å². The van der Waals surface area contributed by atoms with Gasteiger partial charge < -0.3 is 10.1 Å². The highest BCUT2D eigenvalue weighted by Crippen LogP contribution is 2.23. The molecule has 1 aromatic carbocycles. The molecule has 2 nitrogen and oxygen atoms in total. The van der Waals surface area contributed by atoms with Gasteiger partial charge in [-0.1, -0.05) is 29.3 Å².